The molecule has 1 aromatic rings. The van der Waals surface area contributed by atoms with Gasteiger partial charge in [0.2, 0.25) is 0 Å². The highest BCUT2D eigenvalue weighted by molar-refractivity contribution is 5.37. The number of benzene rings is 1. The Morgan fingerprint density at radius 3 is 1.95 bits per heavy atom. The SMILES string of the molecule is C=CNC(c1ccccc1C(C)C)(C(C)C)C(C)C. The molecule has 0 saturated heterocycles. The van der Waals surface area contributed by atoms with E-state index in [2.05, 4.69) is 77.7 Å². The minimum absolute atomic E-state index is 0.0530. The first-order chi connectivity index (χ1) is 8.87. The molecule has 0 atom stereocenters. The van der Waals surface area contributed by atoms with E-state index in [0.29, 0.717) is 17.8 Å². The maximum atomic E-state index is 3.90. The van der Waals surface area contributed by atoms with E-state index in [4.69, 9.17) is 0 Å². The number of rotatable bonds is 6. The van der Waals surface area contributed by atoms with Gasteiger partial charge in [0.15, 0.2) is 0 Å². The summed E-state index contributed by atoms with van der Waals surface area (Å²) in [5.41, 5.74) is 2.79. The molecule has 0 bridgehead atoms. The van der Waals surface area contributed by atoms with E-state index >= 15 is 0 Å². The minimum Gasteiger partial charge on any atom is -0.381 e. The smallest absolute Gasteiger partial charge is 0.0667 e. The lowest BCUT2D eigenvalue weighted by atomic mass is 9.69. The predicted octanol–water partition coefficient (Wildman–Crippen LogP) is 5.05. The van der Waals surface area contributed by atoms with Crippen LogP contribution in [0.25, 0.3) is 0 Å². The molecule has 1 nitrogen and oxygen atoms in total. The zero-order valence-electron chi connectivity index (χ0n) is 13.3. The zero-order valence-corrected chi connectivity index (χ0v) is 13.3. The summed E-state index contributed by atoms with van der Waals surface area (Å²) < 4.78 is 0. The van der Waals surface area contributed by atoms with Crippen molar-refractivity contribution < 1.29 is 0 Å². The van der Waals surface area contributed by atoms with Crippen LogP contribution in [0.2, 0.25) is 0 Å². The third-order valence-electron chi connectivity index (χ3n) is 4.19. The van der Waals surface area contributed by atoms with Gasteiger partial charge in [0, 0.05) is 0 Å². The Hall–Kier alpha value is -1.24. The van der Waals surface area contributed by atoms with Crippen molar-refractivity contribution in [3.63, 3.8) is 0 Å². The maximum absolute atomic E-state index is 3.90. The molecular formula is C18H29N. The van der Waals surface area contributed by atoms with E-state index in [1.54, 1.807) is 0 Å². The van der Waals surface area contributed by atoms with Gasteiger partial charge >= 0.3 is 0 Å². The summed E-state index contributed by atoms with van der Waals surface area (Å²) in [5, 5.41) is 3.57. The van der Waals surface area contributed by atoms with Crippen LogP contribution < -0.4 is 5.32 Å². The lowest BCUT2D eigenvalue weighted by molar-refractivity contribution is 0.185. The molecule has 0 unspecified atom stereocenters. The van der Waals surface area contributed by atoms with Gasteiger partial charge in [0.25, 0.3) is 0 Å². The number of hydrogen-bond acceptors (Lipinski definition) is 1. The second-order valence-corrected chi connectivity index (χ2v) is 6.27. The monoisotopic (exact) mass is 259 g/mol. The van der Waals surface area contributed by atoms with Crippen molar-refractivity contribution >= 4 is 0 Å². The van der Waals surface area contributed by atoms with Gasteiger partial charge < -0.3 is 5.32 Å². The van der Waals surface area contributed by atoms with Gasteiger partial charge in [-0.1, -0.05) is 72.4 Å². The van der Waals surface area contributed by atoms with E-state index in [-0.39, 0.29) is 5.54 Å². The normalized spacial score (nSPS) is 12.3. The van der Waals surface area contributed by atoms with Crippen LogP contribution in [0.15, 0.2) is 37.0 Å². The zero-order chi connectivity index (χ0) is 14.6. The largest absolute Gasteiger partial charge is 0.381 e. The molecule has 0 aliphatic heterocycles. The van der Waals surface area contributed by atoms with Crippen LogP contribution in [0, 0.1) is 11.8 Å². The molecule has 19 heavy (non-hydrogen) atoms. The molecule has 0 aromatic heterocycles. The molecule has 1 N–H and O–H groups in total. The second-order valence-electron chi connectivity index (χ2n) is 6.27. The van der Waals surface area contributed by atoms with Crippen LogP contribution >= 0.6 is 0 Å². The topological polar surface area (TPSA) is 12.0 Å². The van der Waals surface area contributed by atoms with E-state index < -0.39 is 0 Å². The molecule has 0 aliphatic rings. The van der Waals surface area contributed by atoms with Gasteiger partial charge in [0.1, 0.15) is 0 Å². The molecular weight excluding hydrogens is 230 g/mol. The summed E-state index contributed by atoms with van der Waals surface area (Å²) in [5.74, 6) is 1.51. The lowest BCUT2D eigenvalue weighted by Gasteiger charge is -2.44. The van der Waals surface area contributed by atoms with Gasteiger partial charge in [-0.05, 0) is 35.1 Å². The second kappa shape index (κ2) is 6.27. The first kappa shape index (κ1) is 15.8. The van der Waals surface area contributed by atoms with Crippen molar-refractivity contribution in [2.45, 2.75) is 53.0 Å². The van der Waals surface area contributed by atoms with Gasteiger partial charge in [-0.25, -0.2) is 0 Å². The third-order valence-corrected chi connectivity index (χ3v) is 4.19. The third kappa shape index (κ3) is 2.86. The Balaban J connectivity index is 3.52. The van der Waals surface area contributed by atoms with Crippen LogP contribution in [-0.4, -0.2) is 0 Å². The van der Waals surface area contributed by atoms with Crippen LogP contribution in [0.3, 0.4) is 0 Å². The summed E-state index contributed by atoms with van der Waals surface area (Å²) in [6.07, 6.45) is 1.84. The quantitative estimate of drug-likeness (QED) is 0.753. The summed E-state index contributed by atoms with van der Waals surface area (Å²) in [6.45, 7) is 17.6. The molecule has 0 amide bonds. The molecule has 0 radical (unpaired) electrons. The molecule has 0 spiro atoms. The predicted molar refractivity (Wildman–Crippen MR) is 85.2 cm³/mol. The summed E-state index contributed by atoms with van der Waals surface area (Å²) in [6, 6.07) is 8.81. The Morgan fingerprint density at radius 1 is 1.00 bits per heavy atom. The van der Waals surface area contributed by atoms with Gasteiger partial charge in [-0.15, -0.1) is 0 Å². The van der Waals surface area contributed by atoms with E-state index in [1.165, 1.54) is 11.1 Å². The van der Waals surface area contributed by atoms with Gasteiger partial charge in [0.05, 0.1) is 5.54 Å². The number of hydrogen-bond donors (Lipinski definition) is 1. The maximum Gasteiger partial charge on any atom is 0.0667 e. The standard InChI is InChI=1S/C18H29N/c1-8-19-18(14(4)5,15(6)7)17-12-10-9-11-16(17)13(2)3/h8-15,19H,1H2,2-7H3. The van der Waals surface area contributed by atoms with Crippen molar-refractivity contribution in [2.75, 3.05) is 0 Å². The minimum atomic E-state index is -0.0530. The van der Waals surface area contributed by atoms with Crippen LogP contribution in [0.4, 0.5) is 0 Å². The van der Waals surface area contributed by atoms with E-state index in [0.717, 1.165) is 0 Å². The molecule has 1 rings (SSSR count). The first-order valence-corrected chi connectivity index (χ1v) is 7.35. The number of nitrogens with one attached hydrogen (secondary N) is 1. The molecule has 0 heterocycles. The summed E-state index contributed by atoms with van der Waals surface area (Å²) in [7, 11) is 0. The summed E-state index contributed by atoms with van der Waals surface area (Å²) in [4.78, 5) is 0. The van der Waals surface area contributed by atoms with Crippen LogP contribution in [0.5, 0.6) is 0 Å². The highest BCUT2D eigenvalue weighted by atomic mass is 15.0. The fraction of sp³-hybridized carbons (Fsp3) is 0.556. The highest BCUT2D eigenvalue weighted by Crippen LogP contribution is 2.40. The van der Waals surface area contributed by atoms with Crippen molar-refractivity contribution in [3.05, 3.63) is 48.2 Å². The van der Waals surface area contributed by atoms with E-state index in [1.807, 2.05) is 6.20 Å². The average Bonchev–Trinajstić information content (AvgIpc) is 2.35. The van der Waals surface area contributed by atoms with E-state index in [9.17, 15) is 0 Å². The molecule has 1 aromatic carbocycles. The molecule has 1 heteroatoms. The highest BCUT2D eigenvalue weighted by Gasteiger charge is 2.39. The fourth-order valence-corrected chi connectivity index (χ4v) is 3.25. The molecule has 0 saturated carbocycles. The Morgan fingerprint density at radius 2 is 1.53 bits per heavy atom. The van der Waals surface area contributed by atoms with Gasteiger partial charge in [-0.2, -0.15) is 0 Å². The van der Waals surface area contributed by atoms with Crippen molar-refractivity contribution in [1.82, 2.24) is 5.32 Å². The Bertz CT molecular complexity index is 407. The Labute approximate surface area is 119 Å². The molecule has 0 fully saturated rings. The van der Waals surface area contributed by atoms with Crippen molar-refractivity contribution in [3.8, 4) is 0 Å². The van der Waals surface area contributed by atoms with Crippen LogP contribution in [-0.2, 0) is 5.54 Å². The first-order valence-electron chi connectivity index (χ1n) is 7.35. The summed E-state index contributed by atoms with van der Waals surface area (Å²) >= 11 is 0. The molecule has 0 aliphatic carbocycles. The van der Waals surface area contributed by atoms with Crippen molar-refractivity contribution in [1.29, 1.82) is 0 Å². The van der Waals surface area contributed by atoms with Crippen LogP contribution in [0.1, 0.15) is 58.6 Å². The molecule has 106 valence electrons. The van der Waals surface area contributed by atoms with Crippen molar-refractivity contribution in [2.24, 2.45) is 11.8 Å². The van der Waals surface area contributed by atoms with Gasteiger partial charge in [-0.3, -0.25) is 0 Å². The lowest BCUT2D eigenvalue weighted by Crippen LogP contribution is -2.49. The average molecular weight is 259 g/mol. The Kier molecular flexibility index (Phi) is 5.22. The fourth-order valence-electron chi connectivity index (χ4n) is 3.25.